The Labute approximate surface area is 121 Å². The molecule has 1 fully saturated rings. The summed E-state index contributed by atoms with van der Waals surface area (Å²) in [6, 6.07) is 1.47. The molecule has 2 N–H and O–H groups in total. The molecule has 0 aromatic carbocycles. The topological polar surface area (TPSA) is 59.1 Å². The maximum Gasteiger partial charge on any atom is 0.451 e. The highest BCUT2D eigenvalue weighted by atomic mass is 19.4. The van der Waals surface area contributed by atoms with Gasteiger partial charge in [-0.25, -0.2) is 9.97 Å². The van der Waals surface area contributed by atoms with Crippen LogP contribution in [0.15, 0.2) is 6.07 Å². The Bertz CT molecular complexity index is 461. The van der Waals surface area contributed by atoms with Crippen LogP contribution < -0.4 is 10.6 Å². The fraction of sp³-hybridized carbons (Fsp3) is 0.692. The number of hydrogen-bond acceptors (Lipinski definition) is 5. The highest BCUT2D eigenvalue weighted by molar-refractivity contribution is 5.47. The number of hydrogen-bond donors (Lipinski definition) is 2. The largest absolute Gasteiger partial charge is 0.451 e. The first kappa shape index (κ1) is 15.8. The van der Waals surface area contributed by atoms with Gasteiger partial charge < -0.3 is 15.4 Å². The number of ether oxygens (including phenoxy) is 1. The third-order valence-corrected chi connectivity index (χ3v) is 3.12. The Balaban J connectivity index is 2.07. The summed E-state index contributed by atoms with van der Waals surface area (Å²) in [6.07, 6.45) is -1.53. The Morgan fingerprint density at radius 2 is 1.95 bits per heavy atom. The molecule has 0 bridgehead atoms. The number of aromatic nitrogens is 2. The van der Waals surface area contributed by atoms with Gasteiger partial charge in [0.15, 0.2) is 0 Å². The first-order valence-electron chi connectivity index (χ1n) is 7.04. The van der Waals surface area contributed by atoms with Crippen molar-refractivity contribution in [1.82, 2.24) is 9.97 Å². The van der Waals surface area contributed by atoms with Crippen LogP contribution in [0, 0.1) is 0 Å². The standard InChI is InChI=1S/C13H19F3N4O/c1-2-17-10-7-11(20-12(19-10)13(14,15)16)18-8-9-5-3-4-6-21-9/h7,9H,2-6,8H2,1H3,(H2,17,18,19,20). The van der Waals surface area contributed by atoms with Crippen molar-refractivity contribution in [2.75, 3.05) is 30.3 Å². The van der Waals surface area contributed by atoms with Crippen LogP contribution in [0.4, 0.5) is 24.8 Å². The molecule has 1 aliphatic rings. The van der Waals surface area contributed by atoms with Crippen molar-refractivity contribution in [3.63, 3.8) is 0 Å². The van der Waals surface area contributed by atoms with Gasteiger partial charge in [-0.05, 0) is 26.2 Å². The van der Waals surface area contributed by atoms with E-state index >= 15 is 0 Å². The summed E-state index contributed by atoms with van der Waals surface area (Å²) in [5, 5.41) is 5.69. The Kier molecular flexibility index (Phi) is 5.22. The minimum Gasteiger partial charge on any atom is -0.376 e. The number of nitrogens with one attached hydrogen (secondary N) is 2. The van der Waals surface area contributed by atoms with Gasteiger partial charge in [0, 0.05) is 25.8 Å². The summed E-state index contributed by atoms with van der Waals surface area (Å²) in [7, 11) is 0. The van der Waals surface area contributed by atoms with Crippen molar-refractivity contribution in [3.8, 4) is 0 Å². The van der Waals surface area contributed by atoms with Gasteiger partial charge in [0.2, 0.25) is 5.82 Å². The van der Waals surface area contributed by atoms with Crippen LogP contribution in [-0.2, 0) is 10.9 Å². The molecule has 8 heteroatoms. The van der Waals surface area contributed by atoms with Gasteiger partial charge in [-0.2, -0.15) is 13.2 Å². The first-order chi connectivity index (χ1) is 9.99. The third kappa shape index (κ3) is 4.73. The van der Waals surface area contributed by atoms with Crippen LogP contribution in [0.3, 0.4) is 0 Å². The van der Waals surface area contributed by atoms with Gasteiger partial charge in [-0.1, -0.05) is 0 Å². The molecule has 21 heavy (non-hydrogen) atoms. The molecule has 1 atom stereocenters. The van der Waals surface area contributed by atoms with Gasteiger partial charge in [0.05, 0.1) is 6.10 Å². The van der Waals surface area contributed by atoms with E-state index in [1.807, 2.05) is 0 Å². The van der Waals surface area contributed by atoms with Crippen molar-refractivity contribution in [2.45, 2.75) is 38.5 Å². The van der Waals surface area contributed by atoms with E-state index in [1.165, 1.54) is 6.07 Å². The molecule has 1 aliphatic heterocycles. The van der Waals surface area contributed by atoms with E-state index in [0.29, 0.717) is 19.7 Å². The average Bonchev–Trinajstić information content (AvgIpc) is 2.45. The van der Waals surface area contributed by atoms with Crippen LogP contribution in [0.2, 0.25) is 0 Å². The zero-order valence-electron chi connectivity index (χ0n) is 11.8. The summed E-state index contributed by atoms with van der Waals surface area (Å²) in [5.74, 6) is -0.831. The van der Waals surface area contributed by atoms with Crippen molar-refractivity contribution in [3.05, 3.63) is 11.9 Å². The van der Waals surface area contributed by atoms with Gasteiger partial charge in [-0.15, -0.1) is 0 Å². The number of rotatable bonds is 5. The molecule has 1 unspecified atom stereocenters. The fourth-order valence-electron chi connectivity index (χ4n) is 2.12. The second-order valence-electron chi connectivity index (χ2n) is 4.86. The quantitative estimate of drug-likeness (QED) is 0.876. The Morgan fingerprint density at radius 1 is 1.24 bits per heavy atom. The summed E-state index contributed by atoms with van der Waals surface area (Å²) in [5.41, 5.74) is 0. The van der Waals surface area contributed by atoms with Crippen LogP contribution >= 0.6 is 0 Å². The van der Waals surface area contributed by atoms with E-state index in [9.17, 15) is 13.2 Å². The van der Waals surface area contributed by atoms with E-state index < -0.39 is 12.0 Å². The maximum atomic E-state index is 12.8. The molecule has 2 rings (SSSR count). The molecule has 0 radical (unpaired) electrons. The van der Waals surface area contributed by atoms with Crippen molar-refractivity contribution in [2.24, 2.45) is 0 Å². The minimum absolute atomic E-state index is 0.0191. The zero-order chi connectivity index (χ0) is 15.3. The van der Waals surface area contributed by atoms with Gasteiger partial charge in [0.1, 0.15) is 11.6 Å². The minimum atomic E-state index is -4.57. The molecule has 2 heterocycles. The van der Waals surface area contributed by atoms with E-state index in [0.717, 1.165) is 19.3 Å². The van der Waals surface area contributed by atoms with Gasteiger partial charge in [-0.3, -0.25) is 0 Å². The molecule has 0 saturated carbocycles. The van der Waals surface area contributed by atoms with Crippen molar-refractivity contribution >= 4 is 11.6 Å². The third-order valence-electron chi connectivity index (χ3n) is 3.12. The second kappa shape index (κ2) is 6.93. The second-order valence-corrected chi connectivity index (χ2v) is 4.86. The highest BCUT2D eigenvalue weighted by Crippen LogP contribution is 2.28. The molecule has 0 amide bonds. The molecule has 1 aromatic rings. The molecule has 5 nitrogen and oxygen atoms in total. The Morgan fingerprint density at radius 3 is 2.52 bits per heavy atom. The molecule has 1 aromatic heterocycles. The number of nitrogens with zero attached hydrogens (tertiary/aromatic N) is 2. The predicted molar refractivity (Wildman–Crippen MR) is 73.3 cm³/mol. The molecule has 118 valence electrons. The van der Waals surface area contributed by atoms with E-state index in [-0.39, 0.29) is 17.7 Å². The summed E-state index contributed by atoms with van der Waals surface area (Å²) in [4.78, 5) is 7.00. The van der Waals surface area contributed by atoms with E-state index in [1.54, 1.807) is 6.92 Å². The number of alkyl halides is 3. The summed E-state index contributed by atoms with van der Waals surface area (Å²) in [6.45, 7) is 3.42. The smallest absolute Gasteiger partial charge is 0.376 e. The monoisotopic (exact) mass is 304 g/mol. The predicted octanol–water partition coefficient (Wildman–Crippen LogP) is 2.91. The lowest BCUT2D eigenvalue weighted by atomic mass is 10.1. The van der Waals surface area contributed by atoms with Crippen LogP contribution in [0.25, 0.3) is 0 Å². The average molecular weight is 304 g/mol. The first-order valence-corrected chi connectivity index (χ1v) is 7.04. The Hall–Kier alpha value is -1.57. The lowest BCUT2D eigenvalue weighted by Gasteiger charge is -2.23. The van der Waals surface area contributed by atoms with Gasteiger partial charge >= 0.3 is 6.18 Å². The maximum absolute atomic E-state index is 12.8. The fourth-order valence-corrected chi connectivity index (χ4v) is 2.12. The SMILES string of the molecule is CCNc1cc(NCC2CCCCO2)nc(C(F)(F)F)n1. The molecular weight excluding hydrogens is 285 g/mol. The van der Waals surface area contributed by atoms with Crippen LogP contribution in [-0.4, -0.2) is 35.8 Å². The van der Waals surface area contributed by atoms with Gasteiger partial charge in [0.25, 0.3) is 0 Å². The molecule has 0 aliphatic carbocycles. The number of halogens is 3. The van der Waals surface area contributed by atoms with Crippen molar-refractivity contribution in [1.29, 1.82) is 0 Å². The number of anilines is 2. The zero-order valence-corrected chi connectivity index (χ0v) is 11.8. The molecule has 0 spiro atoms. The molecular formula is C13H19F3N4O. The van der Waals surface area contributed by atoms with Crippen LogP contribution in [0.1, 0.15) is 32.0 Å². The highest BCUT2D eigenvalue weighted by Gasteiger charge is 2.35. The summed E-state index contributed by atoms with van der Waals surface area (Å²) < 4.78 is 43.9. The lowest BCUT2D eigenvalue weighted by molar-refractivity contribution is -0.144. The van der Waals surface area contributed by atoms with E-state index in [4.69, 9.17) is 4.74 Å². The molecule has 1 saturated heterocycles. The lowest BCUT2D eigenvalue weighted by Crippen LogP contribution is -2.27. The summed E-state index contributed by atoms with van der Waals surface area (Å²) >= 11 is 0. The van der Waals surface area contributed by atoms with E-state index in [2.05, 4.69) is 20.6 Å². The normalized spacial score (nSPS) is 19.3. The van der Waals surface area contributed by atoms with Crippen molar-refractivity contribution < 1.29 is 17.9 Å². The van der Waals surface area contributed by atoms with Crippen LogP contribution in [0.5, 0.6) is 0 Å².